The van der Waals surface area contributed by atoms with Crippen LogP contribution in [0.2, 0.25) is 0 Å². The molecule has 0 aromatic heterocycles. The number of hydrogen-bond donors (Lipinski definition) is 2. The maximum atomic E-state index is 14.5. The SMILES string of the molecule is Fc1cc(OCC2CCCCO2)ccc1Cc1ccc(NC2=NCCN2)cc1. The van der Waals surface area contributed by atoms with E-state index in [1.807, 2.05) is 30.3 Å². The van der Waals surface area contributed by atoms with Gasteiger partial charge in [0, 0.05) is 31.3 Å². The number of anilines is 1. The van der Waals surface area contributed by atoms with Crippen LogP contribution < -0.4 is 15.4 Å². The minimum absolute atomic E-state index is 0.119. The smallest absolute Gasteiger partial charge is 0.195 e. The monoisotopic (exact) mass is 383 g/mol. The fraction of sp³-hybridized carbons (Fsp3) is 0.409. The molecule has 0 aliphatic carbocycles. The predicted molar refractivity (Wildman–Crippen MR) is 109 cm³/mol. The Morgan fingerprint density at radius 1 is 1.18 bits per heavy atom. The summed E-state index contributed by atoms with van der Waals surface area (Å²) in [5.41, 5.74) is 2.67. The summed E-state index contributed by atoms with van der Waals surface area (Å²) in [6.07, 6.45) is 3.95. The van der Waals surface area contributed by atoms with E-state index in [4.69, 9.17) is 9.47 Å². The van der Waals surface area contributed by atoms with Crippen LogP contribution in [0.1, 0.15) is 30.4 Å². The summed E-state index contributed by atoms with van der Waals surface area (Å²) >= 11 is 0. The van der Waals surface area contributed by atoms with Gasteiger partial charge >= 0.3 is 0 Å². The quantitative estimate of drug-likeness (QED) is 0.798. The van der Waals surface area contributed by atoms with Gasteiger partial charge in [0.25, 0.3) is 0 Å². The zero-order valence-corrected chi connectivity index (χ0v) is 15.9. The highest BCUT2D eigenvalue weighted by Crippen LogP contribution is 2.22. The van der Waals surface area contributed by atoms with Gasteiger partial charge in [-0.1, -0.05) is 18.2 Å². The fourth-order valence-corrected chi connectivity index (χ4v) is 3.43. The molecule has 1 fully saturated rings. The van der Waals surface area contributed by atoms with Crippen molar-refractivity contribution in [3.8, 4) is 5.75 Å². The lowest BCUT2D eigenvalue weighted by atomic mass is 10.0. The number of halogens is 1. The zero-order valence-electron chi connectivity index (χ0n) is 15.9. The lowest BCUT2D eigenvalue weighted by Crippen LogP contribution is -2.26. The molecule has 0 spiro atoms. The summed E-state index contributed by atoms with van der Waals surface area (Å²) in [6.45, 7) is 2.94. The van der Waals surface area contributed by atoms with E-state index < -0.39 is 0 Å². The summed E-state index contributed by atoms with van der Waals surface area (Å²) in [7, 11) is 0. The van der Waals surface area contributed by atoms with E-state index in [-0.39, 0.29) is 11.9 Å². The summed E-state index contributed by atoms with van der Waals surface area (Å²) in [5, 5.41) is 6.40. The Bertz CT molecular complexity index is 817. The average Bonchev–Trinajstić information content (AvgIpc) is 3.23. The van der Waals surface area contributed by atoms with Gasteiger partial charge in [-0.25, -0.2) is 4.39 Å². The van der Waals surface area contributed by atoms with Crippen molar-refractivity contribution in [3.05, 3.63) is 59.4 Å². The van der Waals surface area contributed by atoms with Gasteiger partial charge in [-0.15, -0.1) is 0 Å². The third-order valence-corrected chi connectivity index (χ3v) is 5.02. The van der Waals surface area contributed by atoms with Crippen molar-refractivity contribution in [1.29, 1.82) is 0 Å². The first-order valence-corrected chi connectivity index (χ1v) is 9.93. The first-order valence-electron chi connectivity index (χ1n) is 9.93. The van der Waals surface area contributed by atoms with Crippen LogP contribution in [0.25, 0.3) is 0 Å². The Balaban J connectivity index is 1.32. The van der Waals surface area contributed by atoms with Crippen molar-refractivity contribution in [1.82, 2.24) is 5.32 Å². The van der Waals surface area contributed by atoms with Gasteiger partial charge in [0.1, 0.15) is 18.2 Å². The van der Waals surface area contributed by atoms with Gasteiger partial charge in [0.15, 0.2) is 5.96 Å². The predicted octanol–water partition coefficient (Wildman–Crippen LogP) is 3.74. The van der Waals surface area contributed by atoms with Crippen LogP contribution in [-0.4, -0.2) is 38.4 Å². The van der Waals surface area contributed by atoms with Crippen molar-refractivity contribution in [2.24, 2.45) is 4.99 Å². The third kappa shape index (κ3) is 5.01. The van der Waals surface area contributed by atoms with Gasteiger partial charge in [0.2, 0.25) is 0 Å². The molecule has 1 atom stereocenters. The van der Waals surface area contributed by atoms with Crippen LogP contribution in [0, 0.1) is 5.82 Å². The molecule has 0 amide bonds. The second-order valence-electron chi connectivity index (χ2n) is 7.21. The molecule has 2 aromatic rings. The topological polar surface area (TPSA) is 54.9 Å². The largest absolute Gasteiger partial charge is 0.491 e. The minimum Gasteiger partial charge on any atom is -0.491 e. The standard InChI is InChI=1S/C22H26FN3O2/c23-21-14-19(28-15-20-3-1-2-12-27-20)9-6-17(21)13-16-4-7-18(8-5-16)26-22-24-10-11-25-22/h4-9,14,20H,1-3,10-13,15H2,(H2,24,25,26). The molecule has 1 saturated heterocycles. The summed E-state index contributed by atoms with van der Waals surface area (Å²) in [5.74, 6) is 1.11. The van der Waals surface area contributed by atoms with Crippen molar-refractivity contribution in [3.63, 3.8) is 0 Å². The summed E-state index contributed by atoms with van der Waals surface area (Å²) in [4.78, 5) is 4.31. The van der Waals surface area contributed by atoms with E-state index in [1.165, 1.54) is 12.5 Å². The molecule has 2 aliphatic heterocycles. The fourth-order valence-electron chi connectivity index (χ4n) is 3.43. The molecule has 2 aliphatic rings. The zero-order chi connectivity index (χ0) is 19.2. The molecule has 4 rings (SSSR count). The van der Waals surface area contributed by atoms with E-state index in [0.717, 1.165) is 49.7 Å². The average molecular weight is 383 g/mol. The lowest BCUT2D eigenvalue weighted by Gasteiger charge is -2.22. The van der Waals surface area contributed by atoms with Gasteiger partial charge in [-0.05, 0) is 48.6 Å². The second kappa shape index (κ2) is 9.06. The Morgan fingerprint density at radius 3 is 2.79 bits per heavy atom. The summed E-state index contributed by atoms with van der Waals surface area (Å²) in [6, 6.07) is 13.1. The molecular weight excluding hydrogens is 357 g/mol. The molecule has 0 saturated carbocycles. The number of ether oxygens (including phenoxy) is 2. The van der Waals surface area contributed by atoms with E-state index in [9.17, 15) is 4.39 Å². The highest BCUT2D eigenvalue weighted by Gasteiger charge is 2.15. The van der Waals surface area contributed by atoms with E-state index >= 15 is 0 Å². The Morgan fingerprint density at radius 2 is 2.07 bits per heavy atom. The Labute approximate surface area is 165 Å². The number of aliphatic imine (C=N–C) groups is 1. The first-order chi connectivity index (χ1) is 13.8. The molecule has 5 nitrogen and oxygen atoms in total. The van der Waals surface area contributed by atoms with Crippen LogP contribution in [0.4, 0.5) is 10.1 Å². The Hall–Kier alpha value is -2.60. The number of benzene rings is 2. The van der Waals surface area contributed by atoms with Crippen LogP contribution in [-0.2, 0) is 11.2 Å². The molecule has 0 radical (unpaired) electrons. The molecule has 28 heavy (non-hydrogen) atoms. The number of rotatable bonds is 6. The number of nitrogens with zero attached hydrogens (tertiary/aromatic N) is 1. The molecule has 2 heterocycles. The van der Waals surface area contributed by atoms with Gasteiger partial charge < -0.3 is 20.1 Å². The molecular formula is C22H26FN3O2. The second-order valence-corrected chi connectivity index (χ2v) is 7.21. The molecule has 148 valence electrons. The van der Waals surface area contributed by atoms with Gasteiger partial charge in [-0.3, -0.25) is 4.99 Å². The van der Waals surface area contributed by atoms with Crippen LogP contribution in [0.15, 0.2) is 47.5 Å². The molecule has 2 aromatic carbocycles. The third-order valence-electron chi connectivity index (χ3n) is 5.02. The highest BCUT2D eigenvalue weighted by molar-refractivity contribution is 5.94. The van der Waals surface area contributed by atoms with Crippen molar-refractivity contribution in [2.45, 2.75) is 31.8 Å². The van der Waals surface area contributed by atoms with E-state index in [1.54, 1.807) is 6.07 Å². The normalized spacial score (nSPS) is 19.0. The number of hydrogen-bond acceptors (Lipinski definition) is 5. The Kier molecular flexibility index (Phi) is 6.07. The highest BCUT2D eigenvalue weighted by atomic mass is 19.1. The van der Waals surface area contributed by atoms with Gasteiger partial charge in [0.05, 0.1) is 12.6 Å². The number of guanidine groups is 1. The minimum atomic E-state index is -0.242. The summed E-state index contributed by atoms with van der Waals surface area (Å²) < 4.78 is 25.9. The van der Waals surface area contributed by atoms with Crippen LogP contribution >= 0.6 is 0 Å². The van der Waals surface area contributed by atoms with Crippen LogP contribution in [0.3, 0.4) is 0 Å². The van der Waals surface area contributed by atoms with Crippen LogP contribution in [0.5, 0.6) is 5.75 Å². The maximum Gasteiger partial charge on any atom is 0.195 e. The van der Waals surface area contributed by atoms with Crippen molar-refractivity contribution < 1.29 is 13.9 Å². The van der Waals surface area contributed by atoms with Crippen molar-refractivity contribution >= 4 is 11.6 Å². The van der Waals surface area contributed by atoms with Gasteiger partial charge in [-0.2, -0.15) is 0 Å². The molecule has 1 unspecified atom stereocenters. The first kappa shape index (κ1) is 18.7. The molecule has 2 N–H and O–H groups in total. The molecule has 6 heteroatoms. The molecule has 0 bridgehead atoms. The number of nitrogens with one attached hydrogen (secondary N) is 2. The van der Waals surface area contributed by atoms with Crippen molar-refractivity contribution in [2.75, 3.05) is 31.6 Å². The van der Waals surface area contributed by atoms with E-state index in [2.05, 4.69) is 15.6 Å². The lowest BCUT2D eigenvalue weighted by molar-refractivity contribution is -0.0111. The van der Waals surface area contributed by atoms with E-state index in [0.29, 0.717) is 24.3 Å². The maximum absolute atomic E-state index is 14.5.